The average Bonchev–Trinajstić information content (AvgIpc) is 3.08. The molecule has 3 rings (SSSR count). The van der Waals surface area contributed by atoms with Gasteiger partial charge in [0.25, 0.3) is 0 Å². The van der Waals surface area contributed by atoms with Gasteiger partial charge in [0.2, 0.25) is 0 Å². The van der Waals surface area contributed by atoms with Gasteiger partial charge in [0.1, 0.15) is 17.7 Å². The summed E-state index contributed by atoms with van der Waals surface area (Å²) in [6.45, 7) is 0. The Balaban J connectivity index is 2.05. The van der Waals surface area contributed by atoms with Crippen molar-refractivity contribution in [1.29, 1.82) is 0 Å². The van der Waals surface area contributed by atoms with Crippen LogP contribution < -0.4 is 4.74 Å². The number of benzene rings is 2. The number of nitrogens with zero attached hydrogens (tertiary/aromatic N) is 1. The third kappa shape index (κ3) is 2.56. The molecule has 0 unspecified atom stereocenters. The van der Waals surface area contributed by atoms with Gasteiger partial charge in [0.05, 0.1) is 7.11 Å². The Labute approximate surface area is 122 Å². The van der Waals surface area contributed by atoms with Crippen molar-refractivity contribution in [3.05, 3.63) is 72.0 Å². The number of aromatic nitrogens is 1. The summed E-state index contributed by atoms with van der Waals surface area (Å²) in [7, 11) is 1.58. The maximum Gasteiger partial charge on any atom is 0.193 e. The summed E-state index contributed by atoms with van der Waals surface area (Å²) < 4.78 is 10.2. The molecule has 1 heterocycles. The molecular formula is C17H13NO3. The van der Waals surface area contributed by atoms with Crippen LogP contribution in [0.5, 0.6) is 5.75 Å². The van der Waals surface area contributed by atoms with Crippen molar-refractivity contribution in [2.75, 3.05) is 7.11 Å². The Bertz CT molecular complexity index is 749. The zero-order valence-corrected chi connectivity index (χ0v) is 11.4. The zero-order valence-electron chi connectivity index (χ0n) is 11.4. The number of ketones is 1. The highest BCUT2D eigenvalue weighted by molar-refractivity contribution is 6.09. The fourth-order valence-electron chi connectivity index (χ4n) is 2.16. The van der Waals surface area contributed by atoms with E-state index in [2.05, 4.69) is 5.16 Å². The van der Waals surface area contributed by atoms with Gasteiger partial charge in [-0.25, -0.2) is 0 Å². The Morgan fingerprint density at radius 1 is 1.05 bits per heavy atom. The molecule has 0 aliphatic carbocycles. The van der Waals surface area contributed by atoms with Crippen LogP contribution in [0.2, 0.25) is 0 Å². The molecule has 21 heavy (non-hydrogen) atoms. The lowest BCUT2D eigenvalue weighted by atomic mass is 10.00. The quantitative estimate of drug-likeness (QED) is 0.685. The van der Waals surface area contributed by atoms with E-state index in [0.29, 0.717) is 22.6 Å². The van der Waals surface area contributed by atoms with Gasteiger partial charge in [-0.15, -0.1) is 0 Å². The summed E-state index contributed by atoms with van der Waals surface area (Å²) in [6, 6.07) is 16.2. The zero-order chi connectivity index (χ0) is 14.7. The molecule has 0 fully saturated rings. The summed E-state index contributed by atoms with van der Waals surface area (Å²) in [6.07, 6.45) is 1.49. The summed E-state index contributed by atoms with van der Waals surface area (Å²) in [5.74, 6) is 0.608. The monoisotopic (exact) mass is 279 g/mol. The van der Waals surface area contributed by atoms with Gasteiger partial charge in [-0.3, -0.25) is 4.79 Å². The van der Waals surface area contributed by atoms with Crippen molar-refractivity contribution in [2.45, 2.75) is 0 Å². The minimum absolute atomic E-state index is 0.0389. The van der Waals surface area contributed by atoms with E-state index in [4.69, 9.17) is 9.26 Å². The van der Waals surface area contributed by atoms with Gasteiger partial charge in [-0.05, 0) is 18.2 Å². The predicted molar refractivity (Wildman–Crippen MR) is 78.4 cm³/mol. The third-order valence-electron chi connectivity index (χ3n) is 3.21. The molecule has 1 aromatic heterocycles. The third-order valence-corrected chi connectivity index (χ3v) is 3.21. The Morgan fingerprint density at radius 3 is 2.52 bits per heavy atom. The second-order valence-corrected chi connectivity index (χ2v) is 4.49. The highest BCUT2D eigenvalue weighted by Gasteiger charge is 2.14. The van der Waals surface area contributed by atoms with Crippen LogP contribution in [0, 0.1) is 0 Å². The van der Waals surface area contributed by atoms with E-state index < -0.39 is 0 Å². The second-order valence-electron chi connectivity index (χ2n) is 4.49. The molecule has 0 amide bonds. The molecule has 0 aliphatic heterocycles. The molecule has 0 aliphatic rings. The summed E-state index contributed by atoms with van der Waals surface area (Å²) >= 11 is 0. The highest BCUT2D eigenvalue weighted by atomic mass is 16.5. The van der Waals surface area contributed by atoms with E-state index in [0.717, 1.165) is 5.56 Å². The van der Waals surface area contributed by atoms with Crippen molar-refractivity contribution >= 4 is 5.78 Å². The SMILES string of the molecule is COc1ccc(C(=O)c2ccccc2)cc1-c1ccon1. The Morgan fingerprint density at radius 2 is 1.86 bits per heavy atom. The van der Waals surface area contributed by atoms with Crippen molar-refractivity contribution in [3.8, 4) is 17.0 Å². The smallest absolute Gasteiger partial charge is 0.193 e. The van der Waals surface area contributed by atoms with Gasteiger partial charge in [0.15, 0.2) is 5.78 Å². The number of hydrogen-bond donors (Lipinski definition) is 0. The van der Waals surface area contributed by atoms with E-state index in [9.17, 15) is 4.79 Å². The molecule has 0 spiro atoms. The number of ether oxygens (including phenoxy) is 1. The Hall–Kier alpha value is -2.88. The predicted octanol–water partition coefficient (Wildman–Crippen LogP) is 3.58. The molecule has 0 bridgehead atoms. The van der Waals surface area contributed by atoms with Crippen molar-refractivity contribution < 1.29 is 14.1 Å². The fraction of sp³-hybridized carbons (Fsp3) is 0.0588. The van der Waals surface area contributed by atoms with E-state index in [1.54, 1.807) is 43.5 Å². The minimum Gasteiger partial charge on any atom is -0.496 e. The van der Waals surface area contributed by atoms with Crippen molar-refractivity contribution in [1.82, 2.24) is 5.16 Å². The molecule has 0 N–H and O–H groups in total. The van der Waals surface area contributed by atoms with Crippen LogP contribution in [0.25, 0.3) is 11.3 Å². The molecule has 3 aromatic rings. The second kappa shape index (κ2) is 5.63. The van der Waals surface area contributed by atoms with E-state index in [-0.39, 0.29) is 5.78 Å². The van der Waals surface area contributed by atoms with E-state index >= 15 is 0 Å². The highest BCUT2D eigenvalue weighted by Crippen LogP contribution is 2.30. The molecule has 0 atom stereocenters. The number of hydrogen-bond acceptors (Lipinski definition) is 4. The first-order valence-corrected chi connectivity index (χ1v) is 6.48. The standard InChI is InChI=1S/C17H13NO3/c1-20-16-8-7-13(11-14(16)15-9-10-21-18-15)17(19)12-5-3-2-4-6-12/h2-11H,1H3. The first-order valence-electron chi connectivity index (χ1n) is 6.48. The number of carbonyl (C=O) groups is 1. The van der Waals surface area contributed by atoms with E-state index in [1.807, 2.05) is 18.2 Å². The van der Waals surface area contributed by atoms with Gasteiger partial charge in [-0.1, -0.05) is 35.5 Å². The van der Waals surface area contributed by atoms with Crippen LogP contribution >= 0.6 is 0 Å². The molecular weight excluding hydrogens is 266 g/mol. The molecule has 4 heteroatoms. The molecule has 2 aromatic carbocycles. The van der Waals surface area contributed by atoms with E-state index in [1.165, 1.54) is 6.26 Å². The van der Waals surface area contributed by atoms with Crippen LogP contribution in [0.1, 0.15) is 15.9 Å². The normalized spacial score (nSPS) is 10.3. The van der Waals surface area contributed by atoms with Crippen molar-refractivity contribution in [3.63, 3.8) is 0 Å². The molecule has 104 valence electrons. The first kappa shape index (κ1) is 13.1. The summed E-state index contributed by atoms with van der Waals surface area (Å²) in [5, 5.41) is 3.90. The maximum absolute atomic E-state index is 12.5. The minimum atomic E-state index is -0.0389. The van der Waals surface area contributed by atoms with Crippen LogP contribution in [-0.4, -0.2) is 18.0 Å². The summed E-state index contributed by atoms with van der Waals surface area (Å²) in [5.41, 5.74) is 2.59. The van der Waals surface area contributed by atoms with Gasteiger partial charge < -0.3 is 9.26 Å². The lowest BCUT2D eigenvalue weighted by Gasteiger charge is -2.08. The van der Waals surface area contributed by atoms with Crippen LogP contribution in [0.3, 0.4) is 0 Å². The van der Waals surface area contributed by atoms with Gasteiger partial charge >= 0.3 is 0 Å². The van der Waals surface area contributed by atoms with Gasteiger partial charge in [-0.2, -0.15) is 0 Å². The summed E-state index contributed by atoms with van der Waals surface area (Å²) in [4.78, 5) is 12.5. The van der Waals surface area contributed by atoms with Crippen LogP contribution in [0.15, 0.2) is 65.4 Å². The number of methoxy groups -OCH3 is 1. The molecule has 0 radical (unpaired) electrons. The molecule has 0 saturated carbocycles. The largest absolute Gasteiger partial charge is 0.496 e. The topological polar surface area (TPSA) is 52.3 Å². The van der Waals surface area contributed by atoms with Crippen LogP contribution in [0.4, 0.5) is 0 Å². The lowest BCUT2D eigenvalue weighted by molar-refractivity contribution is 0.103. The maximum atomic E-state index is 12.5. The Kier molecular flexibility index (Phi) is 3.51. The first-order chi connectivity index (χ1) is 10.3. The van der Waals surface area contributed by atoms with Gasteiger partial charge in [0, 0.05) is 22.8 Å². The average molecular weight is 279 g/mol. The molecule has 4 nitrogen and oxygen atoms in total. The van der Waals surface area contributed by atoms with Crippen LogP contribution in [-0.2, 0) is 0 Å². The molecule has 0 saturated heterocycles. The van der Waals surface area contributed by atoms with Crippen molar-refractivity contribution in [2.24, 2.45) is 0 Å². The lowest BCUT2D eigenvalue weighted by Crippen LogP contribution is -2.02. The number of carbonyl (C=O) groups excluding carboxylic acids is 1. The number of rotatable bonds is 4. The fourth-order valence-corrected chi connectivity index (χ4v) is 2.16.